The third-order valence-corrected chi connectivity index (χ3v) is 5.26. The smallest absolute Gasteiger partial charge is 0.307 e. The summed E-state index contributed by atoms with van der Waals surface area (Å²) in [5.74, 6) is -0.284. The van der Waals surface area contributed by atoms with E-state index in [-0.39, 0.29) is 30.8 Å². The fraction of sp³-hybridized carbons (Fsp3) is 0.348. The molecule has 0 spiro atoms. The summed E-state index contributed by atoms with van der Waals surface area (Å²) >= 11 is 0. The van der Waals surface area contributed by atoms with Crippen LogP contribution in [0.1, 0.15) is 23.6 Å². The Hall–Kier alpha value is -3.39. The molecule has 0 aromatic heterocycles. The number of amides is 2. The average molecular weight is 425 g/mol. The summed E-state index contributed by atoms with van der Waals surface area (Å²) in [6.45, 7) is 0.887. The van der Waals surface area contributed by atoms with Gasteiger partial charge in [0, 0.05) is 13.1 Å². The van der Waals surface area contributed by atoms with Crippen molar-refractivity contribution in [3.8, 4) is 5.75 Å². The number of hydrogen-bond donors (Lipinski definition) is 2. The molecule has 0 aliphatic carbocycles. The lowest BCUT2D eigenvalue weighted by molar-refractivity contribution is -0.146. The monoisotopic (exact) mass is 425 g/mol. The molecule has 2 aromatic rings. The minimum absolute atomic E-state index is 0.00539. The topological polar surface area (TPSA) is 97.0 Å². The highest BCUT2D eigenvalue weighted by atomic mass is 16.5. The summed E-state index contributed by atoms with van der Waals surface area (Å²) in [5, 5.41) is 5.80. The molecule has 1 aliphatic rings. The normalized spacial score (nSPS) is 17.4. The largest absolute Gasteiger partial charge is 0.497 e. The Bertz CT molecular complexity index is 901. The Morgan fingerprint density at radius 3 is 2.42 bits per heavy atom. The predicted molar refractivity (Wildman–Crippen MR) is 114 cm³/mol. The second-order valence-corrected chi connectivity index (χ2v) is 7.24. The first kappa shape index (κ1) is 22.3. The van der Waals surface area contributed by atoms with Gasteiger partial charge in [-0.2, -0.15) is 0 Å². The van der Waals surface area contributed by atoms with Gasteiger partial charge in [-0.25, -0.2) is 0 Å². The molecule has 1 fully saturated rings. The summed E-state index contributed by atoms with van der Waals surface area (Å²) in [7, 11) is 2.88. The fourth-order valence-electron chi connectivity index (χ4n) is 3.61. The summed E-state index contributed by atoms with van der Waals surface area (Å²) in [4.78, 5) is 38.7. The predicted octanol–water partition coefficient (Wildman–Crippen LogP) is 1.26. The second-order valence-electron chi connectivity index (χ2n) is 7.24. The van der Waals surface area contributed by atoms with Crippen LogP contribution in [0.15, 0.2) is 54.6 Å². The third kappa shape index (κ3) is 5.82. The van der Waals surface area contributed by atoms with E-state index >= 15 is 0 Å². The van der Waals surface area contributed by atoms with Crippen molar-refractivity contribution in [1.29, 1.82) is 0 Å². The first-order valence-electron chi connectivity index (χ1n) is 10.1. The molecule has 31 heavy (non-hydrogen) atoms. The van der Waals surface area contributed by atoms with Crippen LogP contribution in [0.5, 0.6) is 5.75 Å². The van der Waals surface area contributed by atoms with Gasteiger partial charge in [0.15, 0.2) is 0 Å². The Morgan fingerprint density at radius 1 is 1.10 bits per heavy atom. The molecule has 2 amide bonds. The molecule has 164 valence electrons. The van der Waals surface area contributed by atoms with Crippen LogP contribution in [-0.2, 0) is 19.1 Å². The maximum absolute atomic E-state index is 13.0. The van der Waals surface area contributed by atoms with Crippen LogP contribution in [-0.4, -0.2) is 62.6 Å². The van der Waals surface area contributed by atoms with Gasteiger partial charge < -0.3 is 20.1 Å². The van der Waals surface area contributed by atoms with Gasteiger partial charge in [-0.1, -0.05) is 42.5 Å². The van der Waals surface area contributed by atoms with Crippen LogP contribution in [0.3, 0.4) is 0 Å². The van der Waals surface area contributed by atoms with Gasteiger partial charge in [-0.05, 0) is 23.3 Å². The molecule has 0 unspecified atom stereocenters. The summed E-state index contributed by atoms with van der Waals surface area (Å²) < 4.78 is 9.93. The molecule has 8 heteroatoms. The van der Waals surface area contributed by atoms with Crippen LogP contribution < -0.4 is 15.4 Å². The number of nitrogens with zero attached hydrogens (tertiary/aromatic N) is 1. The summed E-state index contributed by atoms with van der Waals surface area (Å²) in [6, 6.07) is 16.1. The standard InChI is InChI=1S/C23H27N3O5/c1-30-18-10-8-17(9-11-18)22(16-6-4-3-5-7-16)25-20(27)15-26-13-12-24-23(29)19(26)14-21(28)31-2/h3-11,19,22H,12-15H2,1-2H3,(H,24,29)(H,25,27)/t19-,22+/m0/s1. The van der Waals surface area contributed by atoms with E-state index in [1.54, 1.807) is 12.0 Å². The van der Waals surface area contributed by atoms with Gasteiger partial charge in [0.05, 0.1) is 33.2 Å². The van der Waals surface area contributed by atoms with Gasteiger partial charge in [-0.15, -0.1) is 0 Å². The van der Waals surface area contributed by atoms with Gasteiger partial charge in [0.25, 0.3) is 0 Å². The number of nitrogens with one attached hydrogen (secondary N) is 2. The van der Waals surface area contributed by atoms with Crippen molar-refractivity contribution < 1.29 is 23.9 Å². The van der Waals surface area contributed by atoms with Crippen LogP contribution in [0.25, 0.3) is 0 Å². The quantitative estimate of drug-likeness (QED) is 0.619. The van der Waals surface area contributed by atoms with Crippen LogP contribution >= 0.6 is 0 Å². The zero-order valence-corrected chi connectivity index (χ0v) is 17.7. The average Bonchev–Trinajstić information content (AvgIpc) is 2.80. The zero-order chi connectivity index (χ0) is 22.2. The molecule has 8 nitrogen and oxygen atoms in total. The van der Waals surface area contributed by atoms with E-state index < -0.39 is 12.0 Å². The van der Waals surface area contributed by atoms with E-state index in [1.807, 2.05) is 54.6 Å². The number of hydrogen-bond acceptors (Lipinski definition) is 6. The second kappa shape index (κ2) is 10.6. The number of methoxy groups -OCH3 is 2. The van der Waals surface area contributed by atoms with Crippen LogP contribution in [0, 0.1) is 0 Å². The highest BCUT2D eigenvalue weighted by molar-refractivity contribution is 5.88. The highest BCUT2D eigenvalue weighted by Gasteiger charge is 2.33. The lowest BCUT2D eigenvalue weighted by Gasteiger charge is -2.34. The molecular formula is C23H27N3O5. The van der Waals surface area contributed by atoms with Crippen LogP contribution in [0.4, 0.5) is 0 Å². The van der Waals surface area contributed by atoms with Crippen molar-refractivity contribution in [2.45, 2.75) is 18.5 Å². The maximum Gasteiger partial charge on any atom is 0.307 e. The van der Waals surface area contributed by atoms with Crippen molar-refractivity contribution in [2.75, 3.05) is 33.9 Å². The summed E-state index contributed by atoms with van der Waals surface area (Å²) in [5.41, 5.74) is 1.84. The Balaban J connectivity index is 1.76. The van der Waals surface area contributed by atoms with Crippen molar-refractivity contribution in [3.63, 3.8) is 0 Å². The maximum atomic E-state index is 13.0. The Kier molecular flexibility index (Phi) is 7.61. The van der Waals surface area contributed by atoms with Crippen molar-refractivity contribution in [1.82, 2.24) is 15.5 Å². The molecule has 2 aromatic carbocycles. The summed E-state index contributed by atoms with van der Waals surface area (Å²) in [6.07, 6.45) is -0.101. The zero-order valence-electron chi connectivity index (χ0n) is 17.7. The lowest BCUT2D eigenvalue weighted by atomic mass is 9.98. The van der Waals surface area contributed by atoms with Gasteiger partial charge >= 0.3 is 5.97 Å². The molecule has 2 N–H and O–H groups in total. The number of ether oxygens (including phenoxy) is 2. The Labute approximate surface area is 181 Å². The van der Waals surface area contributed by atoms with Gasteiger partial charge in [0.1, 0.15) is 11.8 Å². The highest BCUT2D eigenvalue weighted by Crippen LogP contribution is 2.24. The van der Waals surface area contributed by atoms with Crippen molar-refractivity contribution >= 4 is 17.8 Å². The number of carbonyl (C=O) groups is 3. The first-order chi connectivity index (χ1) is 15.0. The molecule has 1 heterocycles. The number of benzene rings is 2. The van der Waals surface area contributed by atoms with Gasteiger partial charge in [0.2, 0.25) is 11.8 Å². The number of rotatable bonds is 8. The molecule has 1 saturated heterocycles. The van der Waals surface area contributed by atoms with E-state index in [1.165, 1.54) is 7.11 Å². The molecule has 3 rings (SSSR count). The van der Waals surface area contributed by atoms with Crippen LogP contribution in [0.2, 0.25) is 0 Å². The minimum Gasteiger partial charge on any atom is -0.497 e. The minimum atomic E-state index is -0.733. The SMILES string of the molecule is COC(=O)C[C@H]1C(=O)NCCN1CC(=O)N[C@H](c1ccccc1)c1ccc(OC)cc1. The van der Waals surface area contributed by atoms with E-state index in [0.717, 1.165) is 16.9 Å². The van der Waals surface area contributed by atoms with Crippen molar-refractivity contribution in [3.05, 3.63) is 65.7 Å². The van der Waals surface area contributed by atoms with E-state index in [0.29, 0.717) is 13.1 Å². The van der Waals surface area contributed by atoms with E-state index in [2.05, 4.69) is 10.6 Å². The number of esters is 1. The van der Waals surface area contributed by atoms with Crippen molar-refractivity contribution in [2.24, 2.45) is 0 Å². The van der Waals surface area contributed by atoms with E-state index in [9.17, 15) is 14.4 Å². The number of piperazine rings is 1. The van der Waals surface area contributed by atoms with Gasteiger partial charge in [-0.3, -0.25) is 19.3 Å². The third-order valence-electron chi connectivity index (χ3n) is 5.26. The first-order valence-corrected chi connectivity index (χ1v) is 10.1. The molecule has 0 saturated carbocycles. The molecule has 1 aliphatic heterocycles. The molecule has 0 radical (unpaired) electrons. The molecular weight excluding hydrogens is 398 g/mol. The van der Waals surface area contributed by atoms with E-state index in [4.69, 9.17) is 9.47 Å². The number of carbonyl (C=O) groups excluding carboxylic acids is 3. The molecule has 2 atom stereocenters. The fourth-order valence-corrected chi connectivity index (χ4v) is 3.61. The molecule has 0 bridgehead atoms. The lowest BCUT2D eigenvalue weighted by Crippen LogP contribution is -2.58. The Morgan fingerprint density at radius 2 is 1.77 bits per heavy atom.